The largest absolute Gasteiger partial charge is 0.384 e. The Labute approximate surface area is 118 Å². The first-order valence-electron chi connectivity index (χ1n) is 6.89. The zero-order chi connectivity index (χ0) is 13.7. The van der Waals surface area contributed by atoms with Crippen LogP contribution >= 0.6 is 11.6 Å². The van der Waals surface area contributed by atoms with Crippen molar-refractivity contribution in [3.63, 3.8) is 0 Å². The maximum Gasteiger partial charge on any atom is 0.251 e. The third kappa shape index (κ3) is 4.39. The second kappa shape index (κ2) is 6.75. The molecular weight excluding hydrogens is 262 g/mol. The van der Waals surface area contributed by atoms with Gasteiger partial charge in [-0.15, -0.1) is 0 Å². The first kappa shape index (κ1) is 14.1. The molecule has 1 fully saturated rings. The number of hydrogen-bond donors (Lipinski definition) is 2. The molecule has 19 heavy (non-hydrogen) atoms. The number of carbonyl (C=O) groups excluding carboxylic acids is 1. The van der Waals surface area contributed by atoms with Gasteiger partial charge >= 0.3 is 0 Å². The number of carbonyl (C=O) groups is 1. The van der Waals surface area contributed by atoms with Gasteiger partial charge in [0, 0.05) is 11.6 Å². The number of anilines is 1. The van der Waals surface area contributed by atoms with Crippen LogP contribution in [0.1, 0.15) is 55.3 Å². The average Bonchev–Trinajstić information content (AvgIpc) is 2.31. The van der Waals surface area contributed by atoms with Crippen LogP contribution in [0, 0.1) is 0 Å². The topological polar surface area (TPSA) is 68.0 Å². The summed E-state index contributed by atoms with van der Waals surface area (Å²) in [6.45, 7) is 0. The van der Waals surface area contributed by atoms with Crippen molar-refractivity contribution >= 4 is 23.3 Å². The lowest BCUT2D eigenvalue weighted by atomic mass is 9.96. The van der Waals surface area contributed by atoms with E-state index in [0.29, 0.717) is 5.56 Å². The van der Waals surface area contributed by atoms with E-state index < -0.39 is 0 Å². The fraction of sp³-hybridized carbons (Fsp3) is 0.571. The molecule has 0 unspecified atom stereocenters. The molecule has 4 nitrogen and oxygen atoms in total. The van der Waals surface area contributed by atoms with Crippen molar-refractivity contribution in [2.24, 2.45) is 0 Å². The molecular formula is C14H20ClN3O. The van der Waals surface area contributed by atoms with E-state index in [4.69, 9.17) is 17.3 Å². The zero-order valence-corrected chi connectivity index (χ0v) is 11.7. The fourth-order valence-electron chi connectivity index (χ4n) is 2.52. The Hall–Kier alpha value is -1.29. The lowest BCUT2D eigenvalue weighted by Crippen LogP contribution is -2.35. The third-order valence-electron chi connectivity index (χ3n) is 3.52. The summed E-state index contributed by atoms with van der Waals surface area (Å²) in [6.07, 6.45) is 8.33. The molecule has 1 aromatic rings. The van der Waals surface area contributed by atoms with Crippen LogP contribution in [0.3, 0.4) is 0 Å². The Morgan fingerprint density at radius 2 is 1.84 bits per heavy atom. The molecule has 0 atom stereocenters. The van der Waals surface area contributed by atoms with Crippen molar-refractivity contribution in [1.82, 2.24) is 10.3 Å². The second-order valence-corrected chi connectivity index (χ2v) is 5.51. The van der Waals surface area contributed by atoms with Crippen LogP contribution in [-0.4, -0.2) is 16.9 Å². The predicted molar refractivity (Wildman–Crippen MR) is 77.2 cm³/mol. The van der Waals surface area contributed by atoms with Crippen LogP contribution in [0.15, 0.2) is 12.1 Å². The Morgan fingerprint density at radius 1 is 1.21 bits per heavy atom. The van der Waals surface area contributed by atoms with E-state index in [1.165, 1.54) is 32.1 Å². The molecule has 5 heteroatoms. The van der Waals surface area contributed by atoms with Gasteiger partial charge in [0.05, 0.1) is 0 Å². The number of amides is 1. The van der Waals surface area contributed by atoms with Crippen LogP contribution in [0.2, 0.25) is 5.15 Å². The van der Waals surface area contributed by atoms with Gasteiger partial charge in [-0.25, -0.2) is 4.98 Å². The van der Waals surface area contributed by atoms with Crippen LogP contribution in [0.25, 0.3) is 0 Å². The van der Waals surface area contributed by atoms with Gasteiger partial charge in [-0.2, -0.15) is 0 Å². The monoisotopic (exact) mass is 281 g/mol. The Bertz CT molecular complexity index is 422. The molecule has 0 radical (unpaired) electrons. The standard InChI is InChI=1S/C14H20ClN3O/c15-12-8-10(9-13(16)18-12)14(19)17-11-6-4-2-1-3-5-7-11/h8-9,11H,1-7H2,(H2,16,18)(H,17,19). The highest BCUT2D eigenvalue weighted by Crippen LogP contribution is 2.18. The van der Waals surface area contributed by atoms with E-state index in [1.54, 1.807) is 12.1 Å². The quantitative estimate of drug-likeness (QED) is 0.818. The summed E-state index contributed by atoms with van der Waals surface area (Å²) in [4.78, 5) is 16.0. The van der Waals surface area contributed by atoms with E-state index in [0.717, 1.165) is 12.8 Å². The number of nitrogens with one attached hydrogen (secondary N) is 1. The van der Waals surface area contributed by atoms with Crippen molar-refractivity contribution in [2.75, 3.05) is 5.73 Å². The molecule has 0 aliphatic heterocycles. The summed E-state index contributed by atoms with van der Waals surface area (Å²) in [5.41, 5.74) is 6.09. The van der Waals surface area contributed by atoms with Gasteiger partial charge in [-0.1, -0.05) is 43.7 Å². The van der Waals surface area contributed by atoms with Gasteiger partial charge in [0.15, 0.2) is 0 Å². The molecule has 0 aromatic carbocycles. The first-order valence-corrected chi connectivity index (χ1v) is 7.27. The Morgan fingerprint density at radius 3 is 2.47 bits per heavy atom. The van der Waals surface area contributed by atoms with Gasteiger partial charge in [-0.3, -0.25) is 4.79 Å². The highest BCUT2D eigenvalue weighted by atomic mass is 35.5. The summed E-state index contributed by atoms with van der Waals surface area (Å²) in [7, 11) is 0. The van der Waals surface area contributed by atoms with E-state index in [9.17, 15) is 4.79 Å². The molecule has 1 aromatic heterocycles. The average molecular weight is 282 g/mol. The van der Waals surface area contributed by atoms with Crippen LogP contribution in [0.4, 0.5) is 5.82 Å². The molecule has 1 aliphatic rings. The van der Waals surface area contributed by atoms with Crippen molar-refractivity contribution in [3.8, 4) is 0 Å². The van der Waals surface area contributed by atoms with Crippen LogP contribution < -0.4 is 11.1 Å². The number of pyridine rings is 1. The van der Waals surface area contributed by atoms with E-state index >= 15 is 0 Å². The van der Waals surface area contributed by atoms with Gasteiger partial charge < -0.3 is 11.1 Å². The molecule has 1 aliphatic carbocycles. The number of hydrogen-bond acceptors (Lipinski definition) is 3. The van der Waals surface area contributed by atoms with Crippen molar-refractivity contribution < 1.29 is 4.79 Å². The number of nitrogen functional groups attached to an aromatic ring is 1. The molecule has 104 valence electrons. The van der Waals surface area contributed by atoms with E-state index in [1.807, 2.05) is 0 Å². The van der Waals surface area contributed by atoms with Crippen molar-refractivity contribution in [3.05, 3.63) is 22.8 Å². The summed E-state index contributed by atoms with van der Waals surface area (Å²) in [5.74, 6) is 0.164. The lowest BCUT2D eigenvalue weighted by molar-refractivity contribution is 0.0930. The second-order valence-electron chi connectivity index (χ2n) is 5.12. The number of halogens is 1. The SMILES string of the molecule is Nc1cc(C(=O)NC2CCCCCCC2)cc(Cl)n1. The first-order chi connectivity index (χ1) is 9.15. The normalized spacial score (nSPS) is 17.5. The van der Waals surface area contributed by atoms with Gasteiger partial charge in [0.2, 0.25) is 0 Å². The Kier molecular flexibility index (Phi) is 5.02. The molecule has 0 bridgehead atoms. The van der Waals surface area contributed by atoms with E-state index in [2.05, 4.69) is 10.3 Å². The molecule has 1 heterocycles. The lowest BCUT2D eigenvalue weighted by Gasteiger charge is -2.21. The number of aromatic nitrogens is 1. The molecule has 3 N–H and O–H groups in total. The number of rotatable bonds is 2. The minimum atomic E-state index is -0.110. The predicted octanol–water partition coefficient (Wildman–Crippen LogP) is 3.16. The molecule has 0 saturated heterocycles. The molecule has 0 spiro atoms. The fourth-order valence-corrected chi connectivity index (χ4v) is 2.73. The van der Waals surface area contributed by atoms with Crippen LogP contribution in [-0.2, 0) is 0 Å². The zero-order valence-electron chi connectivity index (χ0n) is 11.0. The number of nitrogens with two attached hydrogens (primary N) is 1. The minimum absolute atomic E-state index is 0.110. The number of nitrogens with zero attached hydrogens (tertiary/aromatic N) is 1. The Balaban J connectivity index is 1.98. The maximum atomic E-state index is 12.2. The summed E-state index contributed by atoms with van der Waals surface area (Å²) < 4.78 is 0. The third-order valence-corrected chi connectivity index (χ3v) is 3.71. The van der Waals surface area contributed by atoms with Crippen LogP contribution in [0.5, 0.6) is 0 Å². The van der Waals surface area contributed by atoms with E-state index in [-0.39, 0.29) is 22.9 Å². The van der Waals surface area contributed by atoms with Gasteiger partial charge in [0.1, 0.15) is 11.0 Å². The molecule has 2 rings (SSSR count). The van der Waals surface area contributed by atoms with Gasteiger partial charge in [0.25, 0.3) is 5.91 Å². The molecule has 1 saturated carbocycles. The minimum Gasteiger partial charge on any atom is -0.384 e. The summed E-state index contributed by atoms with van der Waals surface area (Å²) in [6, 6.07) is 3.38. The summed E-state index contributed by atoms with van der Waals surface area (Å²) >= 11 is 5.81. The van der Waals surface area contributed by atoms with Crippen molar-refractivity contribution in [1.29, 1.82) is 0 Å². The highest BCUT2D eigenvalue weighted by Gasteiger charge is 2.16. The summed E-state index contributed by atoms with van der Waals surface area (Å²) in [5, 5.41) is 3.33. The van der Waals surface area contributed by atoms with Crippen molar-refractivity contribution in [2.45, 2.75) is 51.0 Å². The smallest absolute Gasteiger partial charge is 0.251 e. The highest BCUT2D eigenvalue weighted by molar-refractivity contribution is 6.29. The maximum absolute atomic E-state index is 12.2. The van der Waals surface area contributed by atoms with Gasteiger partial charge in [-0.05, 0) is 25.0 Å². The molecule has 1 amide bonds.